The molecule has 0 unspecified atom stereocenters. The maximum atomic E-state index is 11.9. The normalized spacial score (nSPS) is 11.8. The van der Waals surface area contributed by atoms with E-state index < -0.39 is 0 Å². The van der Waals surface area contributed by atoms with Crippen LogP contribution in [0.25, 0.3) is 28.0 Å². The van der Waals surface area contributed by atoms with Gasteiger partial charge in [-0.3, -0.25) is 0 Å². The van der Waals surface area contributed by atoms with Gasteiger partial charge in [0.15, 0.2) is 0 Å². The highest BCUT2D eigenvalue weighted by Gasteiger charge is 2.06. The number of likely N-dealkylation sites (N-methyl/N-ethyl adjacent to an activating group) is 1. The van der Waals surface area contributed by atoms with Gasteiger partial charge in [0.1, 0.15) is 17.8 Å². The second-order valence-electron chi connectivity index (χ2n) is 5.88. The van der Waals surface area contributed by atoms with Gasteiger partial charge in [0.25, 0.3) is 0 Å². The zero-order valence-electron chi connectivity index (χ0n) is 14.7. The number of rotatable bonds is 7. The molecule has 0 N–H and O–H groups in total. The van der Waals surface area contributed by atoms with Gasteiger partial charge >= 0.3 is 5.97 Å². The zero-order valence-corrected chi connectivity index (χ0v) is 14.7. The summed E-state index contributed by atoms with van der Waals surface area (Å²) in [7, 11) is 0. The first-order valence-electron chi connectivity index (χ1n) is 8.69. The summed E-state index contributed by atoms with van der Waals surface area (Å²) in [6.07, 6.45) is 3.26. The van der Waals surface area contributed by atoms with Crippen LogP contribution in [0.5, 0.6) is 0 Å². The van der Waals surface area contributed by atoms with Gasteiger partial charge in [0.05, 0.1) is 0 Å². The molecule has 0 saturated heterocycles. The number of ether oxygens (including phenoxy) is 1. The number of fused-ring (bicyclic) bond motifs is 3. The largest absolute Gasteiger partial charge is 0.461 e. The van der Waals surface area contributed by atoms with Crippen LogP contribution in [0, 0.1) is 0 Å². The molecule has 4 heteroatoms. The first-order valence-corrected chi connectivity index (χ1v) is 8.69. The molecule has 0 aliphatic carbocycles. The summed E-state index contributed by atoms with van der Waals surface area (Å²) < 4.78 is 11.1. The third kappa shape index (κ3) is 4.09. The van der Waals surface area contributed by atoms with Gasteiger partial charge in [-0.05, 0) is 42.9 Å². The lowest BCUT2D eigenvalue weighted by atomic mass is 10.1. The van der Waals surface area contributed by atoms with E-state index >= 15 is 0 Å². The number of esters is 1. The first-order chi connectivity index (χ1) is 12.2. The van der Waals surface area contributed by atoms with Gasteiger partial charge < -0.3 is 14.1 Å². The number of hydrogen-bond donors (Lipinski definition) is 0. The molecular weight excluding hydrogens is 314 g/mol. The van der Waals surface area contributed by atoms with Crippen molar-refractivity contribution >= 4 is 34.0 Å². The molecule has 1 heterocycles. The summed E-state index contributed by atoms with van der Waals surface area (Å²) in [6, 6.07) is 13.8. The van der Waals surface area contributed by atoms with Crippen LogP contribution in [-0.2, 0) is 9.53 Å². The standard InChI is InChI=1S/C21H23NO3/c1-3-22(4-2)13-14-24-21(23)12-10-16-9-11-20-18(15-16)17-7-5-6-8-19(17)25-20/h5-12,15H,3-4,13-14H2,1-2H3/b12-10+. The molecule has 4 nitrogen and oxygen atoms in total. The van der Waals surface area contributed by atoms with Crippen molar-refractivity contribution in [1.82, 2.24) is 4.90 Å². The number of carbonyl (C=O) groups is 1. The van der Waals surface area contributed by atoms with Crippen molar-refractivity contribution in [2.24, 2.45) is 0 Å². The first kappa shape index (κ1) is 17.2. The minimum atomic E-state index is -0.315. The number of para-hydroxylation sites is 1. The summed E-state index contributed by atoms with van der Waals surface area (Å²) in [6.45, 7) is 7.29. The molecule has 3 rings (SSSR count). The second-order valence-corrected chi connectivity index (χ2v) is 5.88. The Hall–Kier alpha value is -2.59. The summed E-state index contributed by atoms with van der Waals surface area (Å²) >= 11 is 0. The number of carbonyl (C=O) groups excluding carboxylic acids is 1. The fourth-order valence-electron chi connectivity index (χ4n) is 2.87. The minimum absolute atomic E-state index is 0.315. The molecule has 0 aliphatic rings. The van der Waals surface area contributed by atoms with Gasteiger partial charge in [-0.2, -0.15) is 0 Å². The van der Waals surface area contributed by atoms with Crippen LogP contribution in [-0.4, -0.2) is 37.1 Å². The highest BCUT2D eigenvalue weighted by Crippen LogP contribution is 2.29. The summed E-state index contributed by atoms with van der Waals surface area (Å²) in [5.41, 5.74) is 2.66. The highest BCUT2D eigenvalue weighted by atomic mass is 16.5. The lowest BCUT2D eigenvalue weighted by Gasteiger charge is -2.16. The van der Waals surface area contributed by atoms with E-state index in [0.29, 0.717) is 6.61 Å². The molecule has 1 aromatic heterocycles. The molecule has 0 aliphatic heterocycles. The van der Waals surface area contributed by atoms with Crippen LogP contribution in [0.15, 0.2) is 53.0 Å². The van der Waals surface area contributed by atoms with Gasteiger partial charge in [0, 0.05) is 23.4 Å². The predicted molar refractivity (Wildman–Crippen MR) is 102 cm³/mol. The highest BCUT2D eigenvalue weighted by molar-refractivity contribution is 6.05. The molecule has 0 bridgehead atoms. The Morgan fingerprint density at radius 2 is 1.84 bits per heavy atom. The molecule has 130 valence electrons. The molecule has 0 spiro atoms. The van der Waals surface area contributed by atoms with Gasteiger partial charge in [0.2, 0.25) is 0 Å². The average molecular weight is 337 g/mol. The van der Waals surface area contributed by atoms with Crippen LogP contribution in [0.4, 0.5) is 0 Å². The van der Waals surface area contributed by atoms with Crippen molar-refractivity contribution in [2.45, 2.75) is 13.8 Å². The van der Waals surface area contributed by atoms with Gasteiger partial charge in [-0.25, -0.2) is 4.79 Å². The van der Waals surface area contributed by atoms with Crippen molar-refractivity contribution in [1.29, 1.82) is 0 Å². The average Bonchev–Trinajstić information content (AvgIpc) is 3.01. The quantitative estimate of drug-likeness (QED) is 0.471. The Morgan fingerprint density at radius 1 is 1.08 bits per heavy atom. The Kier molecular flexibility index (Phi) is 5.51. The van der Waals surface area contributed by atoms with E-state index in [0.717, 1.165) is 47.1 Å². The minimum Gasteiger partial charge on any atom is -0.461 e. The van der Waals surface area contributed by atoms with Crippen LogP contribution in [0.1, 0.15) is 19.4 Å². The van der Waals surface area contributed by atoms with Crippen molar-refractivity contribution in [3.8, 4) is 0 Å². The fraction of sp³-hybridized carbons (Fsp3) is 0.286. The van der Waals surface area contributed by atoms with Crippen LogP contribution >= 0.6 is 0 Å². The van der Waals surface area contributed by atoms with E-state index in [-0.39, 0.29) is 5.97 Å². The van der Waals surface area contributed by atoms with E-state index in [1.165, 1.54) is 6.08 Å². The summed E-state index contributed by atoms with van der Waals surface area (Å²) in [5.74, 6) is -0.315. The second kappa shape index (κ2) is 7.99. The molecule has 0 atom stereocenters. The van der Waals surface area contributed by atoms with E-state index in [1.54, 1.807) is 6.08 Å². The lowest BCUT2D eigenvalue weighted by Crippen LogP contribution is -2.27. The molecule has 0 saturated carbocycles. The number of furan rings is 1. The molecule has 0 radical (unpaired) electrons. The van der Waals surface area contributed by atoms with Gasteiger partial charge in [-0.1, -0.05) is 38.1 Å². The van der Waals surface area contributed by atoms with Crippen LogP contribution in [0.2, 0.25) is 0 Å². The number of benzene rings is 2. The Balaban J connectivity index is 1.66. The molecule has 3 aromatic rings. The zero-order chi connectivity index (χ0) is 17.6. The number of hydrogen-bond acceptors (Lipinski definition) is 4. The van der Waals surface area contributed by atoms with Crippen molar-refractivity contribution < 1.29 is 13.9 Å². The molecule has 2 aromatic carbocycles. The predicted octanol–water partition coefficient (Wildman–Crippen LogP) is 4.48. The third-order valence-electron chi connectivity index (χ3n) is 4.36. The molecule has 25 heavy (non-hydrogen) atoms. The number of nitrogens with zero attached hydrogens (tertiary/aromatic N) is 1. The monoisotopic (exact) mass is 337 g/mol. The Labute approximate surface area is 147 Å². The van der Waals surface area contributed by atoms with Crippen LogP contribution < -0.4 is 0 Å². The van der Waals surface area contributed by atoms with Crippen LogP contribution in [0.3, 0.4) is 0 Å². The van der Waals surface area contributed by atoms with E-state index in [1.807, 2.05) is 42.5 Å². The summed E-state index contributed by atoms with van der Waals surface area (Å²) in [5, 5.41) is 2.13. The van der Waals surface area contributed by atoms with Crippen molar-refractivity contribution in [3.63, 3.8) is 0 Å². The topological polar surface area (TPSA) is 42.7 Å². The van der Waals surface area contributed by atoms with E-state index in [2.05, 4.69) is 18.7 Å². The smallest absolute Gasteiger partial charge is 0.330 e. The molecule has 0 fully saturated rings. The SMILES string of the molecule is CCN(CC)CCOC(=O)/C=C/c1ccc2oc3ccccc3c2c1. The van der Waals surface area contributed by atoms with Crippen molar-refractivity contribution in [2.75, 3.05) is 26.2 Å². The van der Waals surface area contributed by atoms with E-state index in [9.17, 15) is 4.79 Å². The van der Waals surface area contributed by atoms with E-state index in [4.69, 9.17) is 9.15 Å². The maximum absolute atomic E-state index is 11.9. The molecule has 0 amide bonds. The molecular formula is C21H23NO3. The Morgan fingerprint density at radius 3 is 2.64 bits per heavy atom. The lowest BCUT2D eigenvalue weighted by molar-refractivity contribution is -0.138. The fourth-order valence-corrected chi connectivity index (χ4v) is 2.87. The maximum Gasteiger partial charge on any atom is 0.330 e. The summed E-state index contributed by atoms with van der Waals surface area (Å²) in [4.78, 5) is 14.1. The Bertz CT molecular complexity index is 890. The van der Waals surface area contributed by atoms with Gasteiger partial charge in [-0.15, -0.1) is 0 Å². The van der Waals surface area contributed by atoms with Crippen molar-refractivity contribution in [3.05, 3.63) is 54.1 Å². The third-order valence-corrected chi connectivity index (χ3v) is 4.36.